The number of esters is 1. The standard InChI is InChI=1S/C16H20N2O5.C2H6O.C2H4/c1-3-11-7-14-13(8-12(11)16(21)22-4-2)18(6-5-17-10-19)15(20)9-23-14;1-3-2;1-2/h7-8,10H,3-6,9H2,1-2H3,(H,17,19);1-2H3;1-2H2. The van der Waals surface area contributed by atoms with Crippen LogP contribution < -0.4 is 15.0 Å². The number of ether oxygens (including phenoxy) is 3. The number of carbonyl (C=O) groups is 3. The number of rotatable bonds is 7. The zero-order valence-electron chi connectivity index (χ0n) is 17.1. The molecule has 0 aliphatic carbocycles. The molecule has 0 atom stereocenters. The molecule has 1 N–H and O–H groups in total. The number of amides is 2. The molecule has 0 saturated carbocycles. The first kappa shape index (κ1) is 25.1. The van der Waals surface area contributed by atoms with Crippen molar-refractivity contribution in [3.63, 3.8) is 0 Å². The van der Waals surface area contributed by atoms with Crippen molar-refractivity contribution in [3.05, 3.63) is 36.4 Å². The fourth-order valence-electron chi connectivity index (χ4n) is 2.46. The monoisotopic (exact) mass is 394 g/mol. The molecule has 1 heterocycles. The quantitative estimate of drug-likeness (QED) is 0.329. The summed E-state index contributed by atoms with van der Waals surface area (Å²) >= 11 is 0. The van der Waals surface area contributed by atoms with E-state index < -0.39 is 5.97 Å². The van der Waals surface area contributed by atoms with Gasteiger partial charge >= 0.3 is 5.97 Å². The van der Waals surface area contributed by atoms with Gasteiger partial charge in [0.25, 0.3) is 5.91 Å². The second-order valence-corrected chi connectivity index (χ2v) is 5.37. The molecular weight excluding hydrogens is 364 g/mol. The molecule has 0 radical (unpaired) electrons. The highest BCUT2D eigenvalue weighted by molar-refractivity contribution is 6.00. The number of methoxy groups -OCH3 is 1. The molecule has 1 aliphatic rings. The van der Waals surface area contributed by atoms with Gasteiger partial charge in [0.05, 0.1) is 17.9 Å². The van der Waals surface area contributed by atoms with Crippen molar-refractivity contribution >= 4 is 24.0 Å². The van der Waals surface area contributed by atoms with Gasteiger partial charge in [-0.05, 0) is 31.0 Å². The number of fused-ring (bicyclic) bond motifs is 1. The summed E-state index contributed by atoms with van der Waals surface area (Å²) in [7, 11) is 3.25. The molecule has 28 heavy (non-hydrogen) atoms. The molecule has 8 nitrogen and oxygen atoms in total. The van der Waals surface area contributed by atoms with Crippen LogP contribution in [0.3, 0.4) is 0 Å². The fraction of sp³-hybridized carbons (Fsp3) is 0.450. The maximum absolute atomic E-state index is 12.1. The maximum Gasteiger partial charge on any atom is 0.338 e. The number of hydrogen-bond acceptors (Lipinski definition) is 6. The Labute approximate surface area is 166 Å². The van der Waals surface area contributed by atoms with E-state index in [9.17, 15) is 14.4 Å². The molecule has 2 rings (SSSR count). The van der Waals surface area contributed by atoms with Gasteiger partial charge in [0.1, 0.15) is 5.75 Å². The van der Waals surface area contributed by atoms with Crippen molar-refractivity contribution in [2.75, 3.05) is 45.4 Å². The van der Waals surface area contributed by atoms with Crippen LogP contribution in [0.15, 0.2) is 25.3 Å². The number of hydrogen-bond donors (Lipinski definition) is 1. The Morgan fingerprint density at radius 3 is 2.50 bits per heavy atom. The molecule has 0 bridgehead atoms. The topological polar surface area (TPSA) is 94.2 Å². The first-order valence-corrected chi connectivity index (χ1v) is 8.88. The highest BCUT2D eigenvalue weighted by atomic mass is 16.5. The first-order chi connectivity index (χ1) is 13.5. The number of nitrogens with one attached hydrogen (secondary N) is 1. The van der Waals surface area contributed by atoms with Crippen LogP contribution >= 0.6 is 0 Å². The number of carbonyl (C=O) groups excluding carboxylic acids is 3. The lowest BCUT2D eigenvalue weighted by molar-refractivity contribution is -0.121. The van der Waals surface area contributed by atoms with E-state index in [1.807, 2.05) is 6.92 Å². The molecule has 0 aromatic heterocycles. The van der Waals surface area contributed by atoms with Gasteiger partial charge in [-0.25, -0.2) is 4.79 Å². The summed E-state index contributed by atoms with van der Waals surface area (Å²) in [5, 5.41) is 2.52. The zero-order chi connectivity index (χ0) is 21.5. The van der Waals surface area contributed by atoms with Gasteiger partial charge in [0.15, 0.2) is 6.61 Å². The minimum atomic E-state index is -0.420. The molecule has 2 amide bonds. The van der Waals surface area contributed by atoms with E-state index in [1.165, 1.54) is 4.90 Å². The van der Waals surface area contributed by atoms with Gasteiger partial charge in [0, 0.05) is 27.3 Å². The molecule has 1 aromatic rings. The van der Waals surface area contributed by atoms with Crippen LogP contribution in [0, 0.1) is 0 Å². The molecule has 0 fully saturated rings. The van der Waals surface area contributed by atoms with Crippen molar-refractivity contribution in [1.82, 2.24) is 5.32 Å². The highest BCUT2D eigenvalue weighted by Gasteiger charge is 2.28. The summed E-state index contributed by atoms with van der Waals surface area (Å²) in [6, 6.07) is 3.40. The second-order valence-electron chi connectivity index (χ2n) is 5.37. The third kappa shape index (κ3) is 7.03. The Hall–Kier alpha value is -2.87. The Balaban J connectivity index is 0.00000133. The Morgan fingerprint density at radius 2 is 1.96 bits per heavy atom. The summed E-state index contributed by atoms with van der Waals surface area (Å²) < 4.78 is 14.8. The minimum Gasteiger partial charge on any atom is -0.482 e. The molecule has 8 heteroatoms. The fourth-order valence-corrected chi connectivity index (χ4v) is 2.46. The van der Waals surface area contributed by atoms with E-state index >= 15 is 0 Å². The van der Waals surface area contributed by atoms with Gasteiger partial charge in [-0.1, -0.05) is 6.92 Å². The highest BCUT2D eigenvalue weighted by Crippen LogP contribution is 2.35. The third-order valence-electron chi connectivity index (χ3n) is 3.57. The first-order valence-electron chi connectivity index (χ1n) is 8.88. The maximum atomic E-state index is 12.1. The summed E-state index contributed by atoms with van der Waals surface area (Å²) in [6.07, 6.45) is 1.22. The van der Waals surface area contributed by atoms with E-state index in [0.29, 0.717) is 42.9 Å². The van der Waals surface area contributed by atoms with Gasteiger partial charge in [-0.15, -0.1) is 13.2 Å². The molecular formula is C20H30N2O6. The number of anilines is 1. The molecule has 1 aromatic carbocycles. The van der Waals surface area contributed by atoms with Crippen molar-refractivity contribution < 1.29 is 28.6 Å². The molecule has 1 aliphatic heterocycles. The minimum absolute atomic E-state index is 0.0595. The van der Waals surface area contributed by atoms with Crippen LogP contribution in [0.1, 0.15) is 29.8 Å². The van der Waals surface area contributed by atoms with Gasteiger partial charge in [-0.3, -0.25) is 9.59 Å². The third-order valence-corrected chi connectivity index (χ3v) is 3.57. The van der Waals surface area contributed by atoms with Crippen LogP contribution in [0.4, 0.5) is 5.69 Å². The summed E-state index contributed by atoms with van der Waals surface area (Å²) in [5.74, 6) is -0.0824. The Kier molecular flexibility index (Phi) is 12.8. The van der Waals surface area contributed by atoms with E-state index in [1.54, 1.807) is 33.3 Å². The smallest absolute Gasteiger partial charge is 0.338 e. The largest absolute Gasteiger partial charge is 0.482 e. The van der Waals surface area contributed by atoms with Gasteiger partial charge in [-0.2, -0.15) is 0 Å². The number of aryl methyl sites for hydroxylation is 1. The van der Waals surface area contributed by atoms with Crippen LogP contribution in [-0.4, -0.2) is 58.8 Å². The lowest BCUT2D eigenvalue weighted by atomic mass is 10.0. The summed E-state index contributed by atoms with van der Waals surface area (Å²) in [4.78, 5) is 36.1. The van der Waals surface area contributed by atoms with E-state index in [0.717, 1.165) is 5.56 Å². The average Bonchev–Trinajstić information content (AvgIpc) is 2.71. The zero-order valence-corrected chi connectivity index (χ0v) is 17.1. The van der Waals surface area contributed by atoms with E-state index in [4.69, 9.17) is 9.47 Å². The second kappa shape index (κ2) is 14.2. The van der Waals surface area contributed by atoms with Crippen molar-refractivity contribution in [3.8, 4) is 5.75 Å². The lowest BCUT2D eigenvalue weighted by Gasteiger charge is -2.30. The van der Waals surface area contributed by atoms with Crippen molar-refractivity contribution in [1.29, 1.82) is 0 Å². The van der Waals surface area contributed by atoms with Crippen LogP contribution in [0.25, 0.3) is 0 Å². The lowest BCUT2D eigenvalue weighted by Crippen LogP contribution is -2.42. The number of nitrogens with zero attached hydrogens (tertiary/aromatic N) is 1. The molecule has 0 saturated heterocycles. The van der Waals surface area contributed by atoms with Gasteiger partial charge in [0.2, 0.25) is 6.41 Å². The molecule has 156 valence electrons. The molecule has 0 unspecified atom stereocenters. The average molecular weight is 394 g/mol. The summed E-state index contributed by atoms with van der Waals surface area (Å²) in [6.45, 7) is 10.5. The van der Waals surface area contributed by atoms with Crippen LogP contribution in [0.5, 0.6) is 5.75 Å². The predicted molar refractivity (Wildman–Crippen MR) is 108 cm³/mol. The SMILES string of the molecule is C=C.CCOC(=O)c1cc2c(cc1CC)OCC(=O)N2CCNC=O.COC. The normalized spacial score (nSPS) is 11.6. The van der Waals surface area contributed by atoms with E-state index in [-0.39, 0.29) is 19.1 Å². The Bertz CT molecular complexity index is 648. The predicted octanol–water partition coefficient (Wildman–Crippen LogP) is 1.96. The van der Waals surface area contributed by atoms with Crippen LogP contribution in [-0.2, 0) is 25.5 Å². The van der Waals surface area contributed by atoms with Crippen molar-refractivity contribution in [2.45, 2.75) is 20.3 Å². The summed E-state index contributed by atoms with van der Waals surface area (Å²) in [5.41, 5.74) is 1.76. The van der Waals surface area contributed by atoms with Crippen molar-refractivity contribution in [2.24, 2.45) is 0 Å². The van der Waals surface area contributed by atoms with Crippen LogP contribution in [0.2, 0.25) is 0 Å². The van der Waals surface area contributed by atoms with Gasteiger partial charge < -0.3 is 24.4 Å². The van der Waals surface area contributed by atoms with E-state index in [2.05, 4.69) is 23.2 Å². The number of benzene rings is 1. The Morgan fingerprint density at radius 1 is 1.32 bits per heavy atom. The molecule has 0 spiro atoms.